The zero-order valence-corrected chi connectivity index (χ0v) is 31.7. The van der Waals surface area contributed by atoms with Gasteiger partial charge in [0.25, 0.3) is 0 Å². The molecule has 10 heteroatoms. The molecule has 1 heterocycles. The Bertz CT molecular complexity index is 794. The molecule has 5 atom stereocenters. The van der Waals surface area contributed by atoms with Gasteiger partial charge in [-0.2, -0.15) is 0 Å². The number of ketones is 1. The fourth-order valence-corrected chi connectivity index (χ4v) is 6.76. The van der Waals surface area contributed by atoms with E-state index in [1.165, 1.54) is 114 Å². The number of carbonyl (C=O) groups is 2. The number of hydrogen-bond donors (Lipinski definition) is 5. The number of nitrogens with zero attached hydrogens (tertiary/aromatic N) is 1. The van der Waals surface area contributed by atoms with Crippen LogP contribution in [0.5, 0.6) is 0 Å². The molecule has 286 valence electrons. The highest BCUT2D eigenvalue weighted by atomic mass is 35.5. The Morgan fingerprint density at radius 3 is 1.40 bits per heavy atom. The Morgan fingerprint density at radius 1 is 0.625 bits per heavy atom. The number of amides is 1. The molecule has 9 nitrogen and oxygen atoms in total. The highest BCUT2D eigenvalue weighted by Crippen LogP contribution is 2.32. The maximum atomic E-state index is 13.6. The maximum Gasteiger partial charge on any atom is 0.227 e. The molecule has 0 spiro atoms. The third-order valence-corrected chi connectivity index (χ3v) is 9.93. The van der Waals surface area contributed by atoms with Crippen molar-refractivity contribution in [1.29, 1.82) is 0 Å². The Kier molecular flexibility index (Phi) is 29.4. The monoisotopic (exact) mass is 706 g/mol. The van der Waals surface area contributed by atoms with Gasteiger partial charge in [-0.25, -0.2) is 0 Å². The van der Waals surface area contributed by atoms with Crippen LogP contribution in [0.4, 0.5) is 0 Å². The first-order valence-electron chi connectivity index (χ1n) is 19.8. The van der Waals surface area contributed by atoms with Crippen molar-refractivity contribution in [2.45, 2.75) is 217 Å². The van der Waals surface area contributed by atoms with Gasteiger partial charge in [-0.15, -0.1) is 12.4 Å². The second-order valence-electron chi connectivity index (χ2n) is 14.2. The van der Waals surface area contributed by atoms with Gasteiger partial charge in [-0.3, -0.25) is 20.2 Å². The number of halogens is 1. The minimum atomic E-state index is -2.05. The van der Waals surface area contributed by atoms with Gasteiger partial charge in [0.15, 0.2) is 0 Å². The number of nitrogens with two attached hydrogens (primary N) is 2. The second-order valence-corrected chi connectivity index (χ2v) is 14.2. The first-order chi connectivity index (χ1) is 22.7. The normalized spacial score (nSPS) is 22.4. The van der Waals surface area contributed by atoms with Crippen molar-refractivity contribution >= 4 is 24.1 Å². The molecule has 1 fully saturated rings. The molecule has 0 aromatic carbocycles. The molecule has 0 aromatic rings. The quantitative estimate of drug-likeness (QED) is 0.0368. The second kappa shape index (κ2) is 29.9. The van der Waals surface area contributed by atoms with Gasteiger partial charge in [-0.05, 0) is 12.8 Å². The van der Waals surface area contributed by atoms with Crippen LogP contribution in [0.3, 0.4) is 0 Å². The molecule has 0 bridgehead atoms. The summed E-state index contributed by atoms with van der Waals surface area (Å²) in [6.45, 7) is 4.50. The molecular weight excluding hydrogens is 630 g/mol. The van der Waals surface area contributed by atoms with Crippen molar-refractivity contribution in [2.24, 2.45) is 11.5 Å². The summed E-state index contributed by atoms with van der Waals surface area (Å²) in [6.07, 6.45) is 23.8. The van der Waals surface area contributed by atoms with Gasteiger partial charge in [0.2, 0.25) is 11.8 Å². The molecule has 1 saturated heterocycles. The molecular formula is C38H76ClN3O6. The summed E-state index contributed by atoms with van der Waals surface area (Å²) in [5.41, 5.74) is 12.1. The zero-order valence-electron chi connectivity index (χ0n) is 30.9. The summed E-state index contributed by atoms with van der Waals surface area (Å²) >= 11 is 0. The van der Waals surface area contributed by atoms with Crippen LogP contribution in [0.2, 0.25) is 0 Å². The van der Waals surface area contributed by atoms with Crippen molar-refractivity contribution in [2.75, 3.05) is 13.1 Å². The molecule has 1 aliphatic heterocycles. The lowest BCUT2D eigenvalue weighted by Gasteiger charge is -2.51. The lowest BCUT2D eigenvalue weighted by atomic mass is 9.91. The summed E-state index contributed by atoms with van der Waals surface area (Å²) in [5.74, 6) is -2.67. The van der Waals surface area contributed by atoms with Crippen molar-refractivity contribution < 1.29 is 29.6 Å². The van der Waals surface area contributed by atoms with E-state index in [4.69, 9.17) is 16.2 Å². The van der Waals surface area contributed by atoms with Gasteiger partial charge < -0.3 is 25.8 Å². The van der Waals surface area contributed by atoms with E-state index in [1.54, 1.807) is 0 Å². The van der Waals surface area contributed by atoms with Crippen LogP contribution >= 0.6 is 12.4 Å². The first kappa shape index (κ1) is 47.2. The van der Waals surface area contributed by atoms with E-state index in [0.29, 0.717) is 12.8 Å². The molecule has 1 rings (SSSR count). The minimum Gasteiger partial charge on any atom is -0.388 e. The van der Waals surface area contributed by atoms with Gasteiger partial charge in [0, 0.05) is 19.4 Å². The number of unbranched alkanes of at least 4 members (excludes halogenated alkanes) is 23. The smallest absolute Gasteiger partial charge is 0.227 e. The van der Waals surface area contributed by atoms with Crippen molar-refractivity contribution in [3.63, 3.8) is 0 Å². The van der Waals surface area contributed by atoms with Crippen LogP contribution in [-0.2, 0) is 14.3 Å². The molecule has 0 aliphatic carbocycles. The van der Waals surface area contributed by atoms with Crippen molar-refractivity contribution in [3.05, 3.63) is 0 Å². The van der Waals surface area contributed by atoms with Crippen LogP contribution in [-0.4, -0.2) is 75.3 Å². The lowest BCUT2D eigenvalue weighted by Crippen LogP contribution is -2.76. The van der Waals surface area contributed by atoms with Crippen LogP contribution in [0.25, 0.3) is 0 Å². The lowest BCUT2D eigenvalue weighted by molar-refractivity contribution is -0.308. The van der Waals surface area contributed by atoms with Crippen molar-refractivity contribution in [3.8, 4) is 0 Å². The van der Waals surface area contributed by atoms with E-state index in [0.717, 1.165) is 38.5 Å². The molecule has 0 aromatic heterocycles. The van der Waals surface area contributed by atoms with E-state index in [-0.39, 0.29) is 50.0 Å². The van der Waals surface area contributed by atoms with Crippen molar-refractivity contribution in [1.82, 2.24) is 4.90 Å². The number of Topliss-reactive ketones (excluding diaryl/α,β-unsaturated/α-hetero) is 1. The molecule has 1 aliphatic rings. The number of carbonyl (C=O) groups excluding carboxylic acids is 2. The third-order valence-electron chi connectivity index (χ3n) is 9.93. The molecule has 0 saturated carbocycles. The zero-order chi connectivity index (χ0) is 34.8. The van der Waals surface area contributed by atoms with E-state index >= 15 is 0 Å². The fourth-order valence-electron chi connectivity index (χ4n) is 6.76. The van der Waals surface area contributed by atoms with Gasteiger partial charge >= 0.3 is 0 Å². The van der Waals surface area contributed by atoms with Gasteiger partial charge in [-0.1, -0.05) is 162 Å². The summed E-state index contributed by atoms with van der Waals surface area (Å²) < 4.78 is 5.94. The summed E-state index contributed by atoms with van der Waals surface area (Å²) in [6, 6.07) is 0. The summed E-state index contributed by atoms with van der Waals surface area (Å²) in [4.78, 5) is 27.0. The largest absolute Gasteiger partial charge is 0.388 e. The average Bonchev–Trinajstić information content (AvgIpc) is 3.06. The Hall–Kier alpha value is -0.810. The SMILES string of the molecule is CCCCCCCCCCCCCCCCCC(=O)N(CCCCCCCCCCCC)[C@]1(N)O[C@H](CC(=O)CN)[C@H](O)[C@H](O)[C@H]1O.Cl. The van der Waals surface area contributed by atoms with E-state index in [1.807, 2.05) is 0 Å². The molecule has 7 N–H and O–H groups in total. The Morgan fingerprint density at radius 2 is 1.00 bits per heavy atom. The first-order valence-corrected chi connectivity index (χ1v) is 19.8. The number of aliphatic hydroxyl groups excluding tert-OH is 3. The van der Waals surface area contributed by atoms with E-state index in [2.05, 4.69) is 13.8 Å². The van der Waals surface area contributed by atoms with Gasteiger partial charge in [0.1, 0.15) is 24.1 Å². The fraction of sp³-hybridized carbons (Fsp3) is 0.947. The number of ether oxygens (including phenoxy) is 1. The molecule has 0 unspecified atom stereocenters. The third kappa shape index (κ3) is 19.5. The number of hydrogen-bond acceptors (Lipinski definition) is 8. The summed E-state index contributed by atoms with van der Waals surface area (Å²) in [5, 5.41) is 32.2. The predicted molar refractivity (Wildman–Crippen MR) is 199 cm³/mol. The highest BCUT2D eigenvalue weighted by Gasteiger charge is 2.55. The molecule has 0 radical (unpaired) electrons. The topological polar surface area (TPSA) is 159 Å². The van der Waals surface area contributed by atoms with Crippen LogP contribution in [0.15, 0.2) is 0 Å². The minimum absolute atomic E-state index is 0. The van der Waals surface area contributed by atoms with Gasteiger partial charge in [0.05, 0.1) is 12.6 Å². The molecule has 48 heavy (non-hydrogen) atoms. The number of aliphatic hydroxyl groups is 3. The van der Waals surface area contributed by atoms with Crippen LogP contribution in [0.1, 0.15) is 187 Å². The Balaban J connectivity index is 0.0000221. The highest BCUT2D eigenvalue weighted by molar-refractivity contribution is 5.85. The standard InChI is InChI=1S/C38H75N3O6.ClH/c1-3-5-7-9-11-13-15-16-17-18-19-20-22-24-26-28-34(43)41(29-27-25-23-21-14-12-10-8-6-4-2)38(40)37(46)36(45)35(44)33(47-38)30-32(42)31-39;/h33,35-37,44-46H,3-31,39-40H2,1-2H3;1H/t33-,35+,36+,37-,38+;/m1./s1. The Labute approximate surface area is 300 Å². The maximum absolute atomic E-state index is 13.6. The average molecular weight is 706 g/mol. The van der Waals surface area contributed by atoms with Crippen LogP contribution < -0.4 is 11.5 Å². The number of rotatable bonds is 31. The summed E-state index contributed by atoms with van der Waals surface area (Å²) in [7, 11) is 0. The van der Waals surface area contributed by atoms with Crippen LogP contribution in [0, 0.1) is 0 Å². The van der Waals surface area contributed by atoms with E-state index < -0.39 is 30.3 Å². The molecule has 1 amide bonds. The predicted octanol–water partition coefficient (Wildman–Crippen LogP) is 7.43. The van der Waals surface area contributed by atoms with E-state index in [9.17, 15) is 24.9 Å².